The van der Waals surface area contributed by atoms with Gasteiger partial charge < -0.3 is 24.8 Å². The Labute approximate surface area is 167 Å². The van der Waals surface area contributed by atoms with Crippen molar-refractivity contribution in [1.82, 2.24) is 10.6 Å². The van der Waals surface area contributed by atoms with Gasteiger partial charge in [-0.2, -0.15) is 20.5 Å². The Morgan fingerprint density at radius 3 is 2.68 bits per heavy atom. The first-order valence-electron chi connectivity index (χ1n) is 7.44. The summed E-state index contributed by atoms with van der Waals surface area (Å²) in [4.78, 5) is 4.11. The van der Waals surface area contributed by atoms with Crippen LogP contribution in [0.15, 0.2) is 17.1 Å². The maximum atomic E-state index is 12.6. The van der Waals surface area contributed by atoms with Crippen molar-refractivity contribution >= 4 is 41.7 Å². The largest absolute Gasteiger partial charge is 0.454 e. The molecular weight excluding hydrogens is 467 g/mol. The summed E-state index contributed by atoms with van der Waals surface area (Å²) in [5, 5.41) is 6.25. The summed E-state index contributed by atoms with van der Waals surface area (Å²) < 4.78 is 40.3. The quantitative estimate of drug-likeness (QED) is 0.254. The highest BCUT2D eigenvalue weighted by molar-refractivity contribution is 14.0. The van der Waals surface area contributed by atoms with E-state index in [1.807, 2.05) is 0 Å². The number of rotatable bonds is 8. The number of guanidine groups is 1. The zero-order valence-corrected chi connectivity index (χ0v) is 17.2. The van der Waals surface area contributed by atoms with Crippen LogP contribution in [0.3, 0.4) is 0 Å². The molecule has 0 radical (unpaired) electrons. The number of hydrogen-bond donors (Lipinski definition) is 2. The van der Waals surface area contributed by atoms with E-state index in [0.717, 1.165) is 18.7 Å². The van der Waals surface area contributed by atoms with Crippen molar-refractivity contribution in [1.29, 1.82) is 0 Å². The van der Waals surface area contributed by atoms with Crippen LogP contribution in [0.1, 0.15) is 12.0 Å². The summed E-state index contributed by atoms with van der Waals surface area (Å²) in [7, 11) is 1.65. The first-order valence-corrected chi connectivity index (χ1v) is 8.84. The number of nitrogens with one attached hydrogen (secondary N) is 2. The van der Waals surface area contributed by atoms with Crippen LogP contribution < -0.4 is 24.8 Å². The molecule has 0 bridgehead atoms. The molecular formula is C15H22F2IN3O3S. The van der Waals surface area contributed by atoms with Crippen LogP contribution in [0.25, 0.3) is 0 Å². The Morgan fingerprint density at radius 2 is 2.04 bits per heavy atom. The van der Waals surface area contributed by atoms with Crippen LogP contribution in [-0.2, 0) is 6.54 Å². The predicted octanol–water partition coefficient (Wildman–Crippen LogP) is 3.05. The second kappa shape index (κ2) is 11.4. The lowest BCUT2D eigenvalue weighted by atomic mass is 10.1. The van der Waals surface area contributed by atoms with E-state index < -0.39 is 6.61 Å². The van der Waals surface area contributed by atoms with Crippen molar-refractivity contribution < 1.29 is 23.0 Å². The summed E-state index contributed by atoms with van der Waals surface area (Å²) in [6, 6.07) is 3.05. The molecule has 2 N–H and O–H groups in total. The summed E-state index contributed by atoms with van der Waals surface area (Å²) in [6.45, 7) is -1.80. The molecule has 0 saturated carbocycles. The normalized spacial score (nSPS) is 12.8. The monoisotopic (exact) mass is 489 g/mol. The van der Waals surface area contributed by atoms with Crippen molar-refractivity contribution in [3.8, 4) is 17.2 Å². The molecule has 1 aromatic carbocycles. The van der Waals surface area contributed by atoms with Crippen LogP contribution in [-0.4, -0.2) is 45.0 Å². The van der Waals surface area contributed by atoms with Gasteiger partial charge in [0, 0.05) is 31.8 Å². The van der Waals surface area contributed by atoms with Crippen molar-refractivity contribution in [2.75, 3.05) is 32.4 Å². The fraction of sp³-hybridized carbons (Fsp3) is 0.533. The highest BCUT2D eigenvalue weighted by atomic mass is 127. The number of thioether (sulfide) groups is 1. The molecule has 0 saturated heterocycles. The summed E-state index contributed by atoms with van der Waals surface area (Å²) >= 11 is 1.78. The lowest BCUT2D eigenvalue weighted by Gasteiger charge is -2.15. The van der Waals surface area contributed by atoms with Gasteiger partial charge >= 0.3 is 6.61 Å². The van der Waals surface area contributed by atoms with E-state index >= 15 is 0 Å². The third kappa shape index (κ3) is 6.92. The highest BCUT2D eigenvalue weighted by Crippen LogP contribution is 2.38. The fourth-order valence-corrected chi connectivity index (χ4v) is 2.57. The van der Waals surface area contributed by atoms with Crippen molar-refractivity contribution in [2.45, 2.75) is 19.6 Å². The lowest BCUT2D eigenvalue weighted by molar-refractivity contribution is -0.0505. The molecule has 25 heavy (non-hydrogen) atoms. The van der Waals surface area contributed by atoms with E-state index in [4.69, 9.17) is 9.47 Å². The molecule has 0 aliphatic carbocycles. The molecule has 2 rings (SSSR count). The van der Waals surface area contributed by atoms with Gasteiger partial charge in [0.05, 0.1) is 0 Å². The minimum absolute atomic E-state index is 0. The van der Waals surface area contributed by atoms with Crippen LogP contribution in [0.4, 0.5) is 8.78 Å². The molecule has 1 aliphatic heterocycles. The molecule has 1 heterocycles. The first-order chi connectivity index (χ1) is 11.6. The standard InChI is InChI=1S/C15H21F2N3O3S.HI/c1-18-15(19-4-3-5-24-2)20-8-10-6-12-13(22-9-21-12)7-11(10)23-14(16)17;/h6-7,14H,3-5,8-9H2,1-2H3,(H2,18,19,20);1H. The maximum Gasteiger partial charge on any atom is 0.387 e. The summed E-state index contributed by atoms with van der Waals surface area (Å²) in [6.07, 6.45) is 3.06. The molecule has 0 fully saturated rings. The molecule has 0 unspecified atom stereocenters. The fourth-order valence-electron chi connectivity index (χ4n) is 2.13. The second-order valence-corrected chi connectivity index (χ2v) is 5.88. The van der Waals surface area contributed by atoms with E-state index in [1.54, 1.807) is 24.9 Å². The number of ether oxygens (including phenoxy) is 3. The average molecular weight is 489 g/mol. The van der Waals surface area contributed by atoms with Gasteiger partial charge in [-0.15, -0.1) is 24.0 Å². The van der Waals surface area contributed by atoms with Crippen LogP contribution in [0, 0.1) is 0 Å². The smallest absolute Gasteiger partial charge is 0.387 e. The third-order valence-electron chi connectivity index (χ3n) is 3.26. The van der Waals surface area contributed by atoms with Gasteiger partial charge in [-0.25, -0.2) is 0 Å². The Kier molecular flexibility index (Phi) is 10.0. The molecule has 0 amide bonds. The topological polar surface area (TPSA) is 64.1 Å². The molecule has 0 aromatic heterocycles. The zero-order valence-electron chi connectivity index (χ0n) is 14.0. The molecule has 0 spiro atoms. The van der Waals surface area contributed by atoms with Crippen molar-refractivity contribution in [2.24, 2.45) is 4.99 Å². The molecule has 1 aromatic rings. The van der Waals surface area contributed by atoms with Crippen LogP contribution in [0.2, 0.25) is 0 Å². The Balaban J connectivity index is 0.00000312. The maximum absolute atomic E-state index is 12.6. The average Bonchev–Trinajstić information content (AvgIpc) is 3.00. The van der Waals surface area contributed by atoms with E-state index in [0.29, 0.717) is 23.0 Å². The number of fused-ring (bicyclic) bond motifs is 1. The lowest BCUT2D eigenvalue weighted by Crippen LogP contribution is -2.37. The van der Waals surface area contributed by atoms with Gasteiger partial charge in [0.1, 0.15) is 5.75 Å². The Hall–Kier alpha value is -1.17. The van der Waals surface area contributed by atoms with E-state index in [1.165, 1.54) is 6.07 Å². The Bertz CT molecular complexity index is 579. The molecule has 1 aliphatic rings. The molecule has 6 nitrogen and oxygen atoms in total. The van der Waals surface area contributed by atoms with Gasteiger partial charge in [0.15, 0.2) is 17.5 Å². The van der Waals surface area contributed by atoms with Gasteiger partial charge in [-0.3, -0.25) is 4.99 Å². The number of alkyl halides is 2. The van der Waals surface area contributed by atoms with Crippen molar-refractivity contribution in [3.05, 3.63) is 17.7 Å². The molecule has 10 heteroatoms. The zero-order chi connectivity index (χ0) is 17.4. The molecule has 0 atom stereocenters. The minimum Gasteiger partial charge on any atom is -0.454 e. The van der Waals surface area contributed by atoms with Crippen LogP contribution in [0.5, 0.6) is 17.2 Å². The van der Waals surface area contributed by atoms with Crippen LogP contribution >= 0.6 is 35.7 Å². The van der Waals surface area contributed by atoms with E-state index in [-0.39, 0.29) is 43.1 Å². The van der Waals surface area contributed by atoms with Crippen molar-refractivity contribution in [3.63, 3.8) is 0 Å². The number of nitrogens with zero attached hydrogens (tertiary/aromatic N) is 1. The minimum atomic E-state index is -2.91. The summed E-state index contributed by atoms with van der Waals surface area (Å²) in [5.74, 6) is 2.61. The van der Waals surface area contributed by atoms with E-state index in [9.17, 15) is 8.78 Å². The number of benzene rings is 1. The predicted molar refractivity (Wildman–Crippen MR) is 106 cm³/mol. The van der Waals surface area contributed by atoms with Gasteiger partial charge in [0.25, 0.3) is 0 Å². The second-order valence-electron chi connectivity index (χ2n) is 4.89. The highest BCUT2D eigenvalue weighted by Gasteiger charge is 2.20. The van der Waals surface area contributed by atoms with E-state index in [2.05, 4.69) is 26.6 Å². The third-order valence-corrected chi connectivity index (χ3v) is 3.96. The SMILES string of the molecule is CN=C(NCCCSC)NCc1cc2c(cc1OC(F)F)OCO2.I. The van der Waals surface area contributed by atoms with Gasteiger partial charge in [-0.1, -0.05) is 0 Å². The Morgan fingerprint density at radius 1 is 1.32 bits per heavy atom. The van der Waals surface area contributed by atoms with Gasteiger partial charge in [-0.05, 0) is 24.5 Å². The van der Waals surface area contributed by atoms with Gasteiger partial charge in [0.2, 0.25) is 6.79 Å². The first kappa shape index (κ1) is 21.9. The number of halogens is 3. The number of aliphatic imine (C=N–C) groups is 1. The number of hydrogen-bond acceptors (Lipinski definition) is 5. The molecule has 142 valence electrons. The summed E-state index contributed by atoms with van der Waals surface area (Å²) in [5.41, 5.74) is 0.534.